The predicted octanol–water partition coefficient (Wildman–Crippen LogP) is 3.30. The molecule has 0 N–H and O–H groups in total. The van der Waals surface area contributed by atoms with Gasteiger partial charge in [0.05, 0.1) is 5.69 Å². The molecule has 0 spiro atoms. The number of rotatable bonds is 2. The van der Waals surface area contributed by atoms with Crippen molar-refractivity contribution in [3.05, 3.63) is 29.3 Å². The van der Waals surface area contributed by atoms with Crippen LogP contribution in [-0.2, 0) is 4.79 Å². The van der Waals surface area contributed by atoms with Gasteiger partial charge in [-0.3, -0.25) is 4.79 Å². The summed E-state index contributed by atoms with van der Waals surface area (Å²) in [6, 6.07) is 6.63. The van der Waals surface area contributed by atoms with E-state index in [0.717, 1.165) is 0 Å². The van der Waals surface area contributed by atoms with Crippen molar-refractivity contribution in [3.63, 3.8) is 0 Å². The summed E-state index contributed by atoms with van der Waals surface area (Å²) in [6.45, 7) is 4.51. The van der Waals surface area contributed by atoms with Crippen molar-refractivity contribution < 1.29 is 9.59 Å². The summed E-state index contributed by atoms with van der Waals surface area (Å²) in [5.41, 5.74) is 0.537. The van der Waals surface area contributed by atoms with Gasteiger partial charge in [0.15, 0.2) is 0 Å². The maximum atomic E-state index is 12.5. The number of amides is 3. The van der Waals surface area contributed by atoms with E-state index in [0.29, 0.717) is 30.1 Å². The van der Waals surface area contributed by atoms with Crippen molar-refractivity contribution in [1.29, 1.82) is 0 Å². The van der Waals surface area contributed by atoms with Gasteiger partial charge >= 0.3 is 6.03 Å². The fraction of sp³-hybridized carbons (Fsp3) is 0.429. The number of carbonyl (C=O) groups excluding carboxylic acids is 2. The zero-order valence-electron chi connectivity index (χ0n) is 11.1. The van der Waals surface area contributed by atoms with Gasteiger partial charge in [-0.25, -0.2) is 9.69 Å². The second kappa shape index (κ2) is 5.61. The fourth-order valence-corrected chi connectivity index (χ4v) is 2.38. The third-order valence-electron chi connectivity index (χ3n) is 3.17. The second-order valence-corrected chi connectivity index (χ2v) is 5.32. The molecule has 1 saturated heterocycles. The molecule has 0 atom stereocenters. The summed E-state index contributed by atoms with van der Waals surface area (Å²) in [7, 11) is 0. The van der Waals surface area contributed by atoms with Crippen LogP contribution in [0.4, 0.5) is 10.5 Å². The van der Waals surface area contributed by atoms with E-state index in [1.807, 2.05) is 13.8 Å². The van der Waals surface area contributed by atoms with E-state index < -0.39 is 0 Å². The highest BCUT2D eigenvalue weighted by Crippen LogP contribution is 2.24. The molecule has 1 aromatic carbocycles. The van der Waals surface area contributed by atoms with Crippen LogP contribution in [0.15, 0.2) is 24.3 Å². The minimum absolute atomic E-state index is 0.0695. The van der Waals surface area contributed by atoms with E-state index >= 15 is 0 Å². The molecule has 3 amide bonds. The summed E-state index contributed by atoms with van der Waals surface area (Å²) in [5.74, 6) is -0.171. The molecule has 0 saturated carbocycles. The maximum Gasteiger partial charge on any atom is 0.331 e. The number of benzene rings is 1. The molecule has 0 aromatic heterocycles. The van der Waals surface area contributed by atoms with E-state index in [1.165, 1.54) is 4.90 Å². The molecule has 0 unspecified atom stereocenters. The van der Waals surface area contributed by atoms with Crippen molar-refractivity contribution in [1.82, 2.24) is 4.90 Å². The highest BCUT2D eigenvalue weighted by Gasteiger charge is 2.32. The molecule has 0 aliphatic carbocycles. The normalized spacial score (nSPS) is 17.1. The van der Waals surface area contributed by atoms with Crippen molar-refractivity contribution in [3.8, 4) is 0 Å². The summed E-state index contributed by atoms with van der Waals surface area (Å²) in [5, 5.41) is 0.512. The number of nitrogens with zero attached hydrogens (tertiary/aromatic N) is 2. The van der Waals surface area contributed by atoms with Crippen molar-refractivity contribution in [2.24, 2.45) is 0 Å². The highest BCUT2D eigenvalue weighted by molar-refractivity contribution is 6.31. The van der Waals surface area contributed by atoms with Crippen LogP contribution >= 0.6 is 11.6 Å². The molecule has 5 heteroatoms. The number of hydrogen-bond acceptors (Lipinski definition) is 2. The summed E-state index contributed by atoms with van der Waals surface area (Å²) >= 11 is 5.94. The Balaban J connectivity index is 2.39. The van der Waals surface area contributed by atoms with E-state index in [1.54, 1.807) is 29.2 Å². The van der Waals surface area contributed by atoms with E-state index in [9.17, 15) is 9.59 Å². The molecule has 1 aromatic rings. The largest absolute Gasteiger partial charge is 0.331 e. The van der Waals surface area contributed by atoms with Gasteiger partial charge in [0.1, 0.15) is 0 Å². The van der Waals surface area contributed by atoms with Crippen molar-refractivity contribution >= 4 is 29.2 Å². The number of anilines is 1. The first-order valence-corrected chi connectivity index (χ1v) is 6.77. The quantitative estimate of drug-likeness (QED) is 0.834. The molecule has 102 valence electrons. The van der Waals surface area contributed by atoms with Gasteiger partial charge in [-0.15, -0.1) is 0 Å². The molecular weight excluding hydrogens is 264 g/mol. The number of carbonyl (C=O) groups is 2. The summed E-state index contributed by atoms with van der Waals surface area (Å²) < 4.78 is 0. The molecule has 1 heterocycles. The van der Waals surface area contributed by atoms with Crippen LogP contribution in [0, 0.1) is 0 Å². The van der Waals surface area contributed by atoms with Crippen LogP contribution in [-0.4, -0.2) is 29.4 Å². The molecule has 4 nitrogen and oxygen atoms in total. The summed E-state index contributed by atoms with van der Waals surface area (Å²) in [6.07, 6.45) is 1.07. The average Bonchev–Trinajstić information content (AvgIpc) is 2.48. The Bertz CT molecular complexity index is 502. The van der Waals surface area contributed by atoms with E-state index in [2.05, 4.69) is 0 Å². The minimum atomic E-state index is -0.264. The number of halogens is 1. The lowest BCUT2D eigenvalue weighted by Gasteiger charge is -2.29. The zero-order valence-corrected chi connectivity index (χ0v) is 11.9. The Morgan fingerprint density at radius 3 is 2.63 bits per heavy atom. The van der Waals surface area contributed by atoms with Crippen LogP contribution in [0.3, 0.4) is 0 Å². The van der Waals surface area contributed by atoms with Crippen LogP contribution in [0.2, 0.25) is 5.02 Å². The van der Waals surface area contributed by atoms with Crippen molar-refractivity contribution in [2.45, 2.75) is 32.7 Å². The van der Waals surface area contributed by atoms with Gasteiger partial charge in [0, 0.05) is 24.0 Å². The minimum Gasteiger partial charge on any atom is -0.322 e. The van der Waals surface area contributed by atoms with Gasteiger partial charge in [-0.1, -0.05) is 17.7 Å². The van der Waals surface area contributed by atoms with Crippen LogP contribution in [0.1, 0.15) is 26.7 Å². The Labute approximate surface area is 117 Å². The van der Waals surface area contributed by atoms with Crippen LogP contribution in [0.5, 0.6) is 0 Å². The predicted molar refractivity (Wildman–Crippen MR) is 75.4 cm³/mol. The Morgan fingerprint density at radius 2 is 2.00 bits per heavy atom. The van der Waals surface area contributed by atoms with Gasteiger partial charge < -0.3 is 4.90 Å². The molecule has 0 bridgehead atoms. The first kappa shape index (κ1) is 13.9. The number of hydrogen-bond donors (Lipinski definition) is 0. The zero-order chi connectivity index (χ0) is 14.0. The Hall–Kier alpha value is -1.55. The third kappa shape index (κ3) is 2.89. The fourth-order valence-electron chi connectivity index (χ4n) is 2.19. The Morgan fingerprint density at radius 1 is 1.26 bits per heavy atom. The smallest absolute Gasteiger partial charge is 0.322 e. The van der Waals surface area contributed by atoms with E-state index in [4.69, 9.17) is 11.6 Å². The first-order chi connectivity index (χ1) is 9.00. The lowest BCUT2D eigenvalue weighted by atomic mass is 10.2. The van der Waals surface area contributed by atoms with Crippen LogP contribution in [0.25, 0.3) is 0 Å². The first-order valence-electron chi connectivity index (χ1n) is 6.40. The lowest BCUT2D eigenvalue weighted by molar-refractivity contribution is -0.117. The third-order valence-corrected chi connectivity index (χ3v) is 3.40. The van der Waals surface area contributed by atoms with Crippen molar-refractivity contribution in [2.75, 3.05) is 11.4 Å². The van der Waals surface area contributed by atoms with Crippen LogP contribution < -0.4 is 4.90 Å². The molecule has 0 radical (unpaired) electrons. The Kier molecular flexibility index (Phi) is 4.10. The highest BCUT2D eigenvalue weighted by atomic mass is 35.5. The average molecular weight is 281 g/mol. The SMILES string of the molecule is CC(C)N1CCCC(=O)N(c2cccc(Cl)c2)C1=O. The molecule has 1 fully saturated rings. The van der Waals surface area contributed by atoms with Gasteiger partial charge in [0.2, 0.25) is 5.91 Å². The molecule has 1 aliphatic heterocycles. The lowest BCUT2D eigenvalue weighted by Crippen LogP contribution is -2.47. The maximum absolute atomic E-state index is 12.5. The monoisotopic (exact) mass is 280 g/mol. The van der Waals surface area contributed by atoms with E-state index in [-0.39, 0.29) is 18.0 Å². The summed E-state index contributed by atoms with van der Waals surface area (Å²) in [4.78, 5) is 27.6. The topological polar surface area (TPSA) is 40.6 Å². The number of imide groups is 1. The molecular formula is C14H17ClN2O2. The second-order valence-electron chi connectivity index (χ2n) is 4.88. The molecule has 19 heavy (non-hydrogen) atoms. The standard InChI is InChI=1S/C14H17ClN2O2/c1-10(2)16-8-4-7-13(18)17(14(16)19)12-6-3-5-11(15)9-12/h3,5-6,9-10H,4,7-8H2,1-2H3. The molecule has 1 aliphatic rings. The number of urea groups is 1. The van der Waals surface area contributed by atoms with Gasteiger partial charge in [0.25, 0.3) is 0 Å². The van der Waals surface area contributed by atoms with Gasteiger partial charge in [-0.2, -0.15) is 0 Å². The van der Waals surface area contributed by atoms with Gasteiger partial charge in [-0.05, 0) is 38.5 Å². The molecule has 2 rings (SSSR count).